The largest absolute Gasteiger partial charge is 0.497 e. The molecule has 4 heteroatoms. The quantitative estimate of drug-likeness (QED) is 0.884. The zero-order chi connectivity index (χ0) is 15.9. The third-order valence-electron chi connectivity index (χ3n) is 3.71. The summed E-state index contributed by atoms with van der Waals surface area (Å²) in [5.74, 6) is 0.837. The van der Waals surface area contributed by atoms with E-state index < -0.39 is 0 Å². The van der Waals surface area contributed by atoms with Crippen molar-refractivity contribution in [1.29, 1.82) is 0 Å². The highest BCUT2D eigenvalue weighted by atomic mass is 16.5. The molecule has 0 aliphatic rings. The van der Waals surface area contributed by atoms with Crippen molar-refractivity contribution >= 4 is 11.7 Å². The number of hydrogen-bond donors (Lipinski definition) is 2. The van der Waals surface area contributed by atoms with Crippen molar-refractivity contribution < 1.29 is 9.53 Å². The van der Waals surface area contributed by atoms with E-state index in [-0.39, 0.29) is 6.03 Å². The molecule has 0 unspecified atom stereocenters. The first kappa shape index (κ1) is 15.9. The lowest BCUT2D eigenvalue weighted by molar-refractivity contribution is 0.252. The van der Waals surface area contributed by atoms with Gasteiger partial charge in [-0.05, 0) is 55.2 Å². The lowest BCUT2D eigenvalue weighted by Gasteiger charge is -2.11. The third kappa shape index (κ3) is 4.25. The molecule has 0 fully saturated rings. The third-order valence-corrected chi connectivity index (χ3v) is 3.71. The van der Waals surface area contributed by atoms with E-state index in [1.54, 1.807) is 7.11 Å². The topological polar surface area (TPSA) is 50.4 Å². The fourth-order valence-corrected chi connectivity index (χ4v) is 2.17. The second kappa shape index (κ2) is 7.50. The van der Waals surface area contributed by atoms with Crippen LogP contribution in [0.4, 0.5) is 10.5 Å². The van der Waals surface area contributed by atoms with Gasteiger partial charge in [-0.15, -0.1) is 0 Å². The Morgan fingerprint density at radius 3 is 2.50 bits per heavy atom. The van der Waals surface area contributed by atoms with Crippen molar-refractivity contribution in [2.24, 2.45) is 0 Å². The van der Waals surface area contributed by atoms with Crippen molar-refractivity contribution in [1.82, 2.24) is 5.32 Å². The van der Waals surface area contributed by atoms with Gasteiger partial charge in [-0.25, -0.2) is 4.79 Å². The van der Waals surface area contributed by atoms with Gasteiger partial charge in [0.05, 0.1) is 7.11 Å². The van der Waals surface area contributed by atoms with Crippen LogP contribution in [0.25, 0.3) is 0 Å². The number of methoxy groups -OCH3 is 1. The van der Waals surface area contributed by atoms with Gasteiger partial charge in [0, 0.05) is 12.2 Å². The molecule has 2 rings (SSSR count). The van der Waals surface area contributed by atoms with Gasteiger partial charge in [-0.1, -0.05) is 24.3 Å². The lowest BCUT2D eigenvalue weighted by atomic mass is 10.1. The molecule has 0 saturated heterocycles. The van der Waals surface area contributed by atoms with Gasteiger partial charge in [-0.3, -0.25) is 0 Å². The fraction of sp³-hybridized carbons (Fsp3) is 0.278. The van der Waals surface area contributed by atoms with E-state index in [1.807, 2.05) is 56.3 Å². The number of anilines is 1. The molecule has 4 nitrogen and oxygen atoms in total. The summed E-state index contributed by atoms with van der Waals surface area (Å²) >= 11 is 0. The Hall–Kier alpha value is -2.49. The van der Waals surface area contributed by atoms with Crippen LogP contribution >= 0.6 is 0 Å². The summed E-state index contributed by atoms with van der Waals surface area (Å²) in [4.78, 5) is 11.9. The van der Waals surface area contributed by atoms with E-state index in [0.29, 0.717) is 6.54 Å². The number of nitrogens with one attached hydrogen (secondary N) is 2. The average molecular weight is 298 g/mol. The number of benzene rings is 2. The second-order valence-electron chi connectivity index (χ2n) is 5.23. The number of hydrogen-bond acceptors (Lipinski definition) is 2. The van der Waals surface area contributed by atoms with Gasteiger partial charge in [0.15, 0.2) is 0 Å². The Labute approximate surface area is 131 Å². The molecule has 2 aromatic rings. The molecule has 0 atom stereocenters. The first-order valence-electron chi connectivity index (χ1n) is 7.34. The van der Waals surface area contributed by atoms with E-state index in [4.69, 9.17) is 4.74 Å². The Morgan fingerprint density at radius 1 is 1.09 bits per heavy atom. The summed E-state index contributed by atoms with van der Waals surface area (Å²) in [5, 5.41) is 5.76. The van der Waals surface area contributed by atoms with Gasteiger partial charge in [0.25, 0.3) is 0 Å². The molecule has 0 heterocycles. The average Bonchev–Trinajstić information content (AvgIpc) is 2.52. The molecule has 0 spiro atoms. The van der Waals surface area contributed by atoms with Crippen LogP contribution in [-0.2, 0) is 6.42 Å². The van der Waals surface area contributed by atoms with Crippen LogP contribution in [-0.4, -0.2) is 19.7 Å². The van der Waals surface area contributed by atoms with Crippen LogP contribution in [0.5, 0.6) is 5.75 Å². The highest BCUT2D eigenvalue weighted by molar-refractivity contribution is 5.90. The molecule has 22 heavy (non-hydrogen) atoms. The Balaban J connectivity index is 1.81. The summed E-state index contributed by atoms with van der Waals surface area (Å²) in [6, 6.07) is 13.5. The van der Waals surface area contributed by atoms with Gasteiger partial charge < -0.3 is 15.4 Å². The molecule has 2 N–H and O–H groups in total. The van der Waals surface area contributed by atoms with Crippen LogP contribution in [0.3, 0.4) is 0 Å². The summed E-state index contributed by atoms with van der Waals surface area (Å²) in [6.45, 7) is 4.62. The smallest absolute Gasteiger partial charge is 0.319 e. The van der Waals surface area contributed by atoms with E-state index in [1.165, 1.54) is 0 Å². The molecule has 0 aromatic heterocycles. The summed E-state index contributed by atoms with van der Waals surface area (Å²) in [6.07, 6.45) is 0.782. The minimum absolute atomic E-state index is 0.179. The minimum atomic E-state index is -0.179. The van der Waals surface area contributed by atoms with Crippen molar-refractivity contribution in [2.45, 2.75) is 20.3 Å². The monoisotopic (exact) mass is 298 g/mol. The maximum Gasteiger partial charge on any atom is 0.319 e. The predicted molar refractivity (Wildman–Crippen MR) is 89.6 cm³/mol. The van der Waals surface area contributed by atoms with E-state index in [9.17, 15) is 4.79 Å². The first-order chi connectivity index (χ1) is 10.6. The number of rotatable bonds is 5. The maximum atomic E-state index is 11.9. The second-order valence-corrected chi connectivity index (χ2v) is 5.23. The normalized spacial score (nSPS) is 10.1. The van der Waals surface area contributed by atoms with Gasteiger partial charge in [-0.2, -0.15) is 0 Å². The van der Waals surface area contributed by atoms with E-state index >= 15 is 0 Å². The van der Waals surface area contributed by atoms with Gasteiger partial charge >= 0.3 is 6.03 Å². The highest BCUT2D eigenvalue weighted by Crippen LogP contribution is 2.17. The number of urea groups is 1. The summed E-state index contributed by atoms with van der Waals surface area (Å²) in [7, 11) is 1.65. The molecule has 2 amide bonds. The zero-order valence-corrected chi connectivity index (χ0v) is 13.3. The fourth-order valence-electron chi connectivity index (χ4n) is 2.17. The number of amides is 2. The SMILES string of the molecule is COc1ccc(CCNC(=O)Nc2cccc(C)c2C)cc1. The molecule has 0 radical (unpaired) electrons. The number of carbonyl (C=O) groups is 1. The molecule has 0 aliphatic heterocycles. The first-order valence-corrected chi connectivity index (χ1v) is 7.34. The highest BCUT2D eigenvalue weighted by Gasteiger charge is 2.05. The zero-order valence-electron chi connectivity index (χ0n) is 13.3. The molecule has 0 aliphatic carbocycles. The van der Waals surface area contributed by atoms with E-state index in [0.717, 1.165) is 34.5 Å². The maximum absolute atomic E-state index is 11.9. The minimum Gasteiger partial charge on any atom is -0.497 e. The Morgan fingerprint density at radius 2 is 1.82 bits per heavy atom. The van der Waals surface area contributed by atoms with Crippen LogP contribution in [0.1, 0.15) is 16.7 Å². The van der Waals surface area contributed by atoms with Gasteiger partial charge in [0.1, 0.15) is 5.75 Å². The number of aryl methyl sites for hydroxylation is 1. The number of carbonyl (C=O) groups excluding carboxylic acids is 1. The van der Waals surface area contributed by atoms with Crippen LogP contribution in [0, 0.1) is 13.8 Å². The standard InChI is InChI=1S/C18H22N2O2/c1-13-5-4-6-17(14(13)2)20-18(21)19-12-11-15-7-9-16(22-3)10-8-15/h4-10H,11-12H2,1-3H3,(H2,19,20,21). The lowest BCUT2D eigenvalue weighted by Crippen LogP contribution is -2.30. The van der Waals surface area contributed by atoms with Crippen molar-refractivity contribution in [2.75, 3.05) is 19.0 Å². The molecule has 0 saturated carbocycles. The van der Waals surface area contributed by atoms with Crippen LogP contribution in [0.15, 0.2) is 42.5 Å². The Bertz CT molecular complexity index is 636. The Kier molecular flexibility index (Phi) is 5.42. The van der Waals surface area contributed by atoms with Crippen molar-refractivity contribution in [3.63, 3.8) is 0 Å². The molecule has 2 aromatic carbocycles. The van der Waals surface area contributed by atoms with Crippen LogP contribution < -0.4 is 15.4 Å². The van der Waals surface area contributed by atoms with Gasteiger partial charge in [0.2, 0.25) is 0 Å². The molecule has 116 valence electrons. The van der Waals surface area contributed by atoms with Crippen molar-refractivity contribution in [3.05, 3.63) is 59.2 Å². The predicted octanol–water partition coefficient (Wildman–Crippen LogP) is 3.68. The molecular formula is C18H22N2O2. The van der Waals surface area contributed by atoms with E-state index in [2.05, 4.69) is 10.6 Å². The summed E-state index contributed by atoms with van der Waals surface area (Å²) < 4.78 is 5.12. The van der Waals surface area contributed by atoms with Crippen molar-refractivity contribution in [3.8, 4) is 5.75 Å². The number of ether oxygens (including phenoxy) is 1. The van der Waals surface area contributed by atoms with Crippen LogP contribution in [0.2, 0.25) is 0 Å². The summed E-state index contributed by atoms with van der Waals surface area (Å²) in [5.41, 5.74) is 4.26. The molecular weight excluding hydrogens is 276 g/mol. The molecule has 0 bridgehead atoms.